The minimum Gasteiger partial charge on any atom is -0.292 e. The van der Waals surface area contributed by atoms with Gasteiger partial charge in [-0.15, -0.1) is 11.6 Å². The van der Waals surface area contributed by atoms with Gasteiger partial charge in [0.1, 0.15) is 5.82 Å². The van der Waals surface area contributed by atoms with Gasteiger partial charge in [-0.25, -0.2) is 4.39 Å². The van der Waals surface area contributed by atoms with Crippen LogP contribution in [0.2, 0.25) is 5.02 Å². The Balaban J connectivity index is 3.04. The molecule has 0 aliphatic carbocycles. The van der Waals surface area contributed by atoms with Gasteiger partial charge >= 0.3 is 0 Å². The van der Waals surface area contributed by atoms with Crippen LogP contribution < -0.4 is 0 Å². The van der Waals surface area contributed by atoms with Crippen molar-refractivity contribution >= 4 is 44.9 Å². The van der Waals surface area contributed by atoms with Crippen LogP contribution in [0.5, 0.6) is 0 Å². The van der Waals surface area contributed by atoms with Gasteiger partial charge in [-0.05, 0) is 18.2 Å². The lowest BCUT2D eigenvalue weighted by atomic mass is 10.1. The summed E-state index contributed by atoms with van der Waals surface area (Å²) >= 11 is 13.9. The van der Waals surface area contributed by atoms with E-state index < -0.39 is 10.1 Å². The Bertz CT molecular complexity index is 341. The van der Waals surface area contributed by atoms with Crippen LogP contribution in [0.3, 0.4) is 0 Å². The highest BCUT2D eigenvalue weighted by atomic mass is 79.9. The topological polar surface area (TPSA) is 17.1 Å². The number of alkyl halides is 2. The summed E-state index contributed by atoms with van der Waals surface area (Å²) in [5, 5.41) is -0.0873. The van der Waals surface area contributed by atoms with E-state index in [2.05, 4.69) is 15.9 Å². The van der Waals surface area contributed by atoms with E-state index in [0.29, 0.717) is 0 Å². The van der Waals surface area contributed by atoms with Crippen molar-refractivity contribution in [1.29, 1.82) is 0 Å². The minimum atomic E-state index is -0.811. The molecule has 0 bridgehead atoms. The monoisotopic (exact) mass is 284 g/mol. The average molecular weight is 286 g/mol. The maximum atomic E-state index is 12.7. The van der Waals surface area contributed by atoms with Crippen LogP contribution >= 0.6 is 39.1 Å². The Labute approximate surface area is 93.0 Å². The molecule has 1 aromatic carbocycles. The van der Waals surface area contributed by atoms with Crippen LogP contribution in [-0.4, -0.2) is 10.1 Å². The van der Waals surface area contributed by atoms with Crippen molar-refractivity contribution in [2.75, 3.05) is 0 Å². The fraction of sp³-hybridized carbons (Fsp3) is 0.125. The van der Waals surface area contributed by atoms with Crippen LogP contribution in [0.25, 0.3) is 0 Å². The first-order valence-electron chi connectivity index (χ1n) is 3.30. The molecule has 0 N–H and O–H groups in total. The van der Waals surface area contributed by atoms with Gasteiger partial charge in [0.25, 0.3) is 0 Å². The molecule has 0 saturated carbocycles. The van der Waals surface area contributed by atoms with Gasteiger partial charge in [0.15, 0.2) is 10.1 Å². The van der Waals surface area contributed by atoms with E-state index in [0.717, 1.165) is 6.07 Å². The number of halogens is 4. The van der Waals surface area contributed by atoms with Crippen molar-refractivity contribution in [3.05, 3.63) is 34.6 Å². The third-order valence-corrected chi connectivity index (χ3v) is 2.31. The summed E-state index contributed by atoms with van der Waals surface area (Å²) in [5.74, 6) is -0.900. The Kier molecular flexibility index (Phi) is 3.71. The molecule has 0 saturated heterocycles. The fourth-order valence-electron chi connectivity index (χ4n) is 0.775. The number of carbonyl (C=O) groups excluding carboxylic acids is 1. The summed E-state index contributed by atoms with van der Waals surface area (Å²) in [6.45, 7) is 0. The number of benzene rings is 1. The molecule has 0 heterocycles. The first kappa shape index (κ1) is 11.0. The molecule has 0 radical (unpaired) electrons. The number of hydrogen-bond donors (Lipinski definition) is 0. The number of ketones is 1. The third kappa shape index (κ3) is 2.66. The second-order valence-corrected chi connectivity index (χ2v) is 4.58. The van der Waals surface area contributed by atoms with Gasteiger partial charge in [-0.2, -0.15) is 0 Å². The molecule has 0 aliphatic heterocycles. The molecule has 1 unspecified atom stereocenters. The molecule has 0 amide bonds. The van der Waals surface area contributed by atoms with Crippen LogP contribution in [0, 0.1) is 5.82 Å². The highest BCUT2D eigenvalue weighted by Gasteiger charge is 2.14. The van der Waals surface area contributed by atoms with Crippen molar-refractivity contribution in [2.24, 2.45) is 0 Å². The predicted molar refractivity (Wildman–Crippen MR) is 54.3 cm³/mol. The first-order valence-corrected chi connectivity index (χ1v) is 5.03. The van der Waals surface area contributed by atoms with E-state index in [-0.39, 0.29) is 16.4 Å². The van der Waals surface area contributed by atoms with E-state index in [1.54, 1.807) is 0 Å². The van der Waals surface area contributed by atoms with Gasteiger partial charge in [0.05, 0.1) is 5.02 Å². The van der Waals surface area contributed by atoms with Crippen molar-refractivity contribution in [3.8, 4) is 0 Å². The summed E-state index contributed by atoms with van der Waals surface area (Å²) in [6.07, 6.45) is 0. The van der Waals surface area contributed by atoms with Gasteiger partial charge in [0.2, 0.25) is 0 Å². The van der Waals surface area contributed by atoms with E-state index in [1.807, 2.05) is 0 Å². The minimum absolute atomic E-state index is 0.0873. The molecular formula is C8H4BrCl2FO. The Morgan fingerprint density at radius 3 is 2.62 bits per heavy atom. The zero-order chi connectivity index (χ0) is 10.0. The maximum absolute atomic E-state index is 12.7. The highest BCUT2D eigenvalue weighted by Crippen LogP contribution is 2.19. The highest BCUT2D eigenvalue weighted by molar-refractivity contribution is 9.10. The van der Waals surface area contributed by atoms with Crippen molar-refractivity contribution in [3.63, 3.8) is 0 Å². The molecular weight excluding hydrogens is 282 g/mol. The largest absolute Gasteiger partial charge is 0.292 e. The van der Waals surface area contributed by atoms with E-state index in [1.165, 1.54) is 12.1 Å². The van der Waals surface area contributed by atoms with Gasteiger partial charge in [0, 0.05) is 5.56 Å². The maximum Gasteiger partial charge on any atom is 0.191 e. The molecule has 5 heteroatoms. The van der Waals surface area contributed by atoms with Gasteiger partial charge in [-0.1, -0.05) is 27.5 Å². The lowest BCUT2D eigenvalue weighted by Crippen LogP contribution is -2.07. The molecule has 1 aromatic rings. The standard InChI is InChI=1S/C8H4BrCl2FO/c9-8(11)7(13)4-1-2-6(12)5(10)3-4/h1-3,8H. The lowest BCUT2D eigenvalue weighted by Gasteiger charge is -2.01. The zero-order valence-electron chi connectivity index (χ0n) is 6.23. The zero-order valence-corrected chi connectivity index (χ0v) is 9.33. The quantitative estimate of drug-likeness (QED) is 0.599. The summed E-state index contributed by atoms with van der Waals surface area (Å²) in [5.41, 5.74) is 0.281. The predicted octanol–water partition coefficient (Wildman–Crippen LogP) is 3.62. The second kappa shape index (κ2) is 4.40. The smallest absolute Gasteiger partial charge is 0.191 e. The first-order chi connectivity index (χ1) is 6.02. The van der Waals surface area contributed by atoms with Crippen LogP contribution in [0.15, 0.2) is 18.2 Å². The van der Waals surface area contributed by atoms with Crippen molar-refractivity contribution in [1.82, 2.24) is 0 Å². The van der Waals surface area contributed by atoms with E-state index in [4.69, 9.17) is 23.2 Å². The lowest BCUT2D eigenvalue weighted by molar-refractivity contribution is 0.101. The number of Topliss-reactive ketones (excluding diaryl/α,β-unsaturated/α-hetero) is 1. The average Bonchev–Trinajstić information content (AvgIpc) is 2.08. The molecule has 0 spiro atoms. The number of rotatable bonds is 2. The van der Waals surface area contributed by atoms with E-state index >= 15 is 0 Å². The van der Waals surface area contributed by atoms with Gasteiger partial charge in [-0.3, -0.25) is 4.79 Å². The Morgan fingerprint density at radius 2 is 2.15 bits per heavy atom. The molecule has 0 fully saturated rings. The fourth-order valence-corrected chi connectivity index (χ4v) is 1.35. The van der Waals surface area contributed by atoms with Crippen LogP contribution in [0.4, 0.5) is 4.39 Å². The third-order valence-electron chi connectivity index (χ3n) is 1.40. The molecule has 1 rings (SSSR count). The Morgan fingerprint density at radius 1 is 1.54 bits per heavy atom. The van der Waals surface area contributed by atoms with E-state index in [9.17, 15) is 9.18 Å². The number of hydrogen-bond acceptors (Lipinski definition) is 1. The molecule has 70 valence electrons. The summed E-state index contributed by atoms with van der Waals surface area (Å²) in [7, 11) is 0. The van der Waals surface area contributed by atoms with Crippen LogP contribution in [-0.2, 0) is 0 Å². The Hall–Kier alpha value is -0.120. The molecule has 13 heavy (non-hydrogen) atoms. The summed E-state index contributed by atoms with van der Waals surface area (Å²) in [4.78, 5) is 11.2. The summed E-state index contributed by atoms with van der Waals surface area (Å²) < 4.78 is 11.9. The normalized spacial score (nSPS) is 12.6. The van der Waals surface area contributed by atoms with Crippen LogP contribution in [0.1, 0.15) is 10.4 Å². The van der Waals surface area contributed by atoms with Crippen molar-refractivity contribution < 1.29 is 9.18 Å². The SMILES string of the molecule is O=C(c1ccc(F)c(Cl)c1)C(Cl)Br. The number of carbonyl (C=O) groups is 1. The molecule has 1 atom stereocenters. The summed E-state index contributed by atoms with van der Waals surface area (Å²) in [6, 6.07) is 3.71. The van der Waals surface area contributed by atoms with Crippen molar-refractivity contribution in [2.45, 2.75) is 4.29 Å². The second-order valence-electron chi connectivity index (χ2n) is 2.29. The molecule has 0 aromatic heterocycles. The molecule has 0 aliphatic rings. The molecule has 1 nitrogen and oxygen atoms in total. The van der Waals surface area contributed by atoms with Gasteiger partial charge < -0.3 is 0 Å².